The van der Waals surface area contributed by atoms with Crippen LogP contribution in [0, 0.1) is 0 Å². The first kappa shape index (κ1) is 11.9. The van der Waals surface area contributed by atoms with Crippen molar-refractivity contribution in [2.24, 2.45) is 7.05 Å². The smallest absolute Gasteiger partial charge is 0.316 e. The number of aromatic nitrogens is 1. The molecule has 0 saturated heterocycles. The summed E-state index contributed by atoms with van der Waals surface area (Å²) in [5.41, 5.74) is 0.950. The summed E-state index contributed by atoms with van der Waals surface area (Å²) in [5, 5.41) is 0. The normalized spacial score (nSPS) is 10.2. The summed E-state index contributed by atoms with van der Waals surface area (Å²) in [4.78, 5) is 11.7. The Morgan fingerprint density at radius 1 is 1.35 bits per heavy atom. The minimum atomic E-state index is -0.259. The highest BCUT2D eigenvalue weighted by Gasteiger charge is 2.09. The summed E-state index contributed by atoms with van der Waals surface area (Å²) in [6, 6.07) is 11.3. The van der Waals surface area contributed by atoms with Crippen LogP contribution in [0.15, 0.2) is 47.1 Å². The van der Waals surface area contributed by atoms with Gasteiger partial charge in [-0.1, -0.05) is 30.3 Å². The van der Waals surface area contributed by atoms with Crippen LogP contribution in [0.5, 0.6) is 5.88 Å². The predicted octanol–water partition coefficient (Wildman–Crippen LogP) is 2.94. The number of carbonyl (C=O) groups is 1. The zero-order chi connectivity index (χ0) is 12.3. The molecule has 0 fully saturated rings. The van der Waals surface area contributed by atoms with Crippen LogP contribution in [0.25, 0.3) is 0 Å². The van der Waals surface area contributed by atoms with Gasteiger partial charge in [0, 0.05) is 23.8 Å². The molecule has 17 heavy (non-hydrogen) atoms. The van der Waals surface area contributed by atoms with Crippen LogP contribution in [-0.4, -0.2) is 10.5 Å². The molecule has 1 heterocycles. The van der Waals surface area contributed by atoms with E-state index in [1.165, 1.54) is 0 Å². The molecule has 0 N–H and O–H groups in total. The fraction of sp³-hybridized carbons (Fsp3) is 0.154. The molecule has 0 radical (unpaired) electrons. The van der Waals surface area contributed by atoms with E-state index in [0.717, 1.165) is 10.0 Å². The highest BCUT2D eigenvalue weighted by molar-refractivity contribution is 9.10. The van der Waals surface area contributed by atoms with E-state index < -0.39 is 0 Å². The number of esters is 1. The van der Waals surface area contributed by atoms with Crippen molar-refractivity contribution >= 4 is 21.9 Å². The third kappa shape index (κ3) is 3.20. The van der Waals surface area contributed by atoms with Gasteiger partial charge in [-0.2, -0.15) is 0 Å². The maximum Gasteiger partial charge on any atom is 0.316 e. The van der Waals surface area contributed by atoms with Gasteiger partial charge < -0.3 is 9.30 Å². The average Bonchev–Trinajstić information content (AvgIpc) is 2.58. The number of benzene rings is 1. The lowest BCUT2D eigenvalue weighted by Gasteiger charge is -2.04. The summed E-state index contributed by atoms with van der Waals surface area (Å²) in [5.74, 6) is 0.280. The van der Waals surface area contributed by atoms with Crippen molar-refractivity contribution in [3.8, 4) is 5.88 Å². The van der Waals surface area contributed by atoms with E-state index in [1.807, 2.05) is 43.6 Å². The summed E-state index contributed by atoms with van der Waals surface area (Å²) in [6.07, 6.45) is 2.12. The highest BCUT2D eigenvalue weighted by atomic mass is 79.9. The number of ether oxygens (including phenoxy) is 1. The summed E-state index contributed by atoms with van der Waals surface area (Å²) < 4.78 is 7.91. The third-order valence-electron chi connectivity index (χ3n) is 2.34. The van der Waals surface area contributed by atoms with Crippen LogP contribution in [0.2, 0.25) is 0 Å². The van der Waals surface area contributed by atoms with Crippen LogP contribution in [0.4, 0.5) is 0 Å². The van der Waals surface area contributed by atoms with Gasteiger partial charge in [-0.25, -0.2) is 0 Å². The molecular formula is C13H12BrNO2. The fourth-order valence-electron chi connectivity index (χ4n) is 1.52. The van der Waals surface area contributed by atoms with Crippen molar-refractivity contribution in [1.29, 1.82) is 0 Å². The molecule has 2 rings (SSSR count). The Morgan fingerprint density at radius 2 is 2.06 bits per heavy atom. The quantitative estimate of drug-likeness (QED) is 0.815. The Kier molecular flexibility index (Phi) is 3.64. The van der Waals surface area contributed by atoms with E-state index >= 15 is 0 Å². The van der Waals surface area contributed by atoms with Gasteiger partial charge in [0.05, 0.1) is 6.42 Å². The van der Waals surface area contributed by atoms with E-state index in [-0.39, 0.29) is 12.4 Å². The molecule has 0 spiro atoms. The topological polar surface area (TPSA) is 31.2 Å². The number of halogens is 1. The SMILES string of the molecule is Cn1cc(Br)cc1OC(=O)Cc1ccccc1. The average molecular weight is 294 g/mol. The van der Waals surface area contributed by atoms with Crippen molar-refractivity contribution in [2.45, 2.75) is 6.42 Å². The second-order valence-electron chi connectivity index (χ2n) is 3.74. The molecule has 0 amide bonds. The van der Waals surface area contributed by atoms with Crippen LogP contribution in [0.3, 0.4) is 0 Å². The molecule has 0 aliphatic rings. The standard InChI is InChI=1S/C13H12BrNO2/c1-15-9-11(14)8-12(15)17-13(16)7-10-5-3-2-4-6-10/h2-6,8-9H,7H2,1H3. The number of aryl methyl sites for hydroxylation is 1. The summed E-state index contributed by atoms with van der Waals surface area (Å²) in [6.45, 7) is 0. The van der Waals surface area contributed by atoms with E-state index in [2.05, 4.69) is 15.9 Å². The number of hydrogen-bond acceptors (Lipinski definition) is 2. The fourth-order valence-corrected chi connectivity index (χ4v) is 2.03. The zero-order valence-corrected chi connectivity index (χ0v) is 11.0. The van der Waals surface area contributed by atoms with Gasteiger partial charge in [0.25, 0.3) is 0 Å². The first-order valence-corrected chi connectivity index (χ1v) is 6.01. The van der Waals surface area contributed by atoms with Gasteiger partial charge in [-0.3, -0.25) is 4.79 Å². The zero-order valence-electron chi connectivity index (χ0n) is 9.39. The minimum absolute atomic E-state index is 0.259. The highest BCUT2D eigenvalue weighted by Crippen LogP contribution is 2.20. The molecule has 0 bridgehead atoms. The molecule has 0 aliphatic carbocycles. The molecule has 4 heteroatoms. The Hall–Kier alpha value is -1.55. The monoisotopic (exact) mass is 293 g/mol. The van der Waals surface area contributed by atoms with Crippen LogP contribution in [-0.2, 0) is 18.3 Å². The Morgan fingerprint density at radius 3 is 2.65 bits per heavy atom. The second kappa shape index (κ2) is 5.19. The molecule has 0 unspecified atom stereocenters. The van der Waals surface area contributed by atoms with Gasteiger partial charge >= 0.3 is 5.97 Å². The second-order valence-corrected chi connectivity index (χ2v) is 4.66. The van der Waals surface area contributed by atoms with Gasteiger partial charge in [0.15, 0.2) is 0 Å². The molecule has 0 saturated carbocycles. The maximum absolute atomic E-state index is 11.7. The first-order chi connectivity index (χ1) is 8.15. The molecule has 2 aromatic rings. The number of rotatable bonds is 3. The molecular weight excluding hydrogens is 282 g/mol. The molecule has 1 aromatic carbocycles. The minimum Gasteiger partial charge on any atom is -0.409 e. The van der Waals surface area contributed by atoms with Gasteiger partial charge in [-0.15, -0.1) is 0 Å². The van der Waals surface area contributed by atoms with Crippen LogP contribution in [0.1, 0.15) is 5.56 Å². The van der Waals surface area contributed by atoms with Crippen molar-refractivity contribution in [3.05, 3.63) is 52.6 Å². The largest absolute Gasteiger partial charge is 0.409 e. The predicted molar refractivity (Wildman–Crippen MR) is 68.9 cm³/mol. The van der Waals surface area contributed by atoms with E-state index in [9.17, 15) is 4.79 Å². The molecule has 1 aromatic heterocycles. The van der Waals surface area contributed by atoms with Gasteiger partial charge in [-0.05, 0) is 21.5 Å². The van der Waals surface area contributed by atoms with Crippen molar-refractivity contribution in [1.82, 2.24) is 4.57 Å². The summed E-state index contributed by atoms with van der Waals surface area (Å²) in [7, 11) is 1.83. The van der Waals surface area contributed by atoms with E-state index in [1.54, 1.807) is 10.6 Å². The lowest BCUT2D eigenvalue weighted by Crippen LogP contribution is -2.12. The van der Waals surface area contributed by atoms with Gasteiger partial charge in [0.1, 0.15) is 0 Å². The summed E-state index contributed by atoms with van der Waals surface area (Å²) >= 11 is 3.33. The molecule has 0 aliphatic heterocycles. The molecule has 0 atom stereocenters. The van der Waals surface area contributed by atoms with E-state index in [0.29, 0.717) is 5.88 Å². The molecule has 3 nitrogen and oxygen atoms in total. The first-order valence-electron chi connectivity index (χ1n) is 5.21. The van der Waals surface area contributed by atoms with Crippen LogP contribution >= 0.6 is 15.9 Å². The molecule has 88 valence electrons. The van der Waals surface area contributed by atoms with Crippen molar-refractivity contribution < 1.29 is 9.53 Å². The van der Waals surface area contributed by atoms with Gasteiger partial charge in [0.2, 0.25) is 5.88 Å². The van der Waals surface area contributed by atoms with Crippen molar-refractivity contribution in [2.75, 3.05) is 0 Å². The maximum atomic E-state index is 11.7. The lowest BCUT2D eigenvalue weighted by atomic mass is 10.2. The Balaban J connectivity index is 2.01. The number of hydrogen-bond donors (Lipinski definition) is 0. The Labute approximate surface area is 108 Å². The van der Waals surface area contributed by atoms with E-state index in [4.69, 9.17) is 4.74 Å². The Bertz CT molecular complexity index is 519. The van der Waals surface area contributed by atoms with Crippen molar-refractivity contribution in [3.63, 3.8) is 0 Å². The third-order valence-corrected chi connectivity index (χ3v) is 2.77. The van der Waals surface area contributed by atoms with Crippen LogP contribution < -0.4 is 4.74 Å². The number of nitrogens with zero attached hydrogens (tertiary/aromatic N) is 1. The lowest BCUT2D eigenvalue weighted by molar-refractivity contribution is -0.134. The number of carbonyl (C=O) groups excluding carboxylic acids is 1.